The lowest BCUT2D eigenvalue weighted by Crippen LogP contribution is -2.47. The van der Waals surface area contributed by atoms with Crippen LogP contribution in [0.15, 0.2) is 85.1 Å². The molecule has 0 saturated carbocycles. The van der Waals surface area contributed by atoms with Crippen molar-refractivity contribution < 1.29 is 14.3 Å². The van der Waals surface area contributed by atoms with Gasteiger partial charge in [0.1, 0.15) is 18.1 Å². The Labute approximate surface area is 265 Å². The zero-order valence-corrected chi connectivity index (χ0v) is 26.1. The minimum atomic E-state index is 0. The number of piperazine rings is 1. The number of pyridine rings is 1. The van der Waals surface area contributed by atoms with Gasteiger partial charge in [0.25, 0.3) is 0 Å². The van der Waals surface area contributed by atoms with Crippen LogP contribution in [0.3, 0.4) is 0 Å². The standard InChI is InChI=1S/C36H36N4O3.ClH/c1-26-4-6-30(7-5-26)24-39-16-18-40(19-17-39)35(41)15-12-32-20-27(2)36(28(3)21-32)43-34-14-13-33(23-38-34)42-25-31-10-8-29(22-37)9-11-31;/h4-15,20-21,23H,16-19,24-25H2,1-3H3;1H/b15-12+;. The van der Waals surface area contributed by atoms with Gasteiger partial charge in [0.05, 0.1) is 17.8 Å². The first-order valence-electron chi connectivity index (χ1n) is 14.5. The van der Waals surface area contributed by atoms with Crippen molar-refractivity contribution in [3.63, 3.8) is 0 Å². The minimum absolute atomic E-state index is 0. The van der Waals surface area contributed by atoms with E-state index < -0.39 is 0 Å². The Morgan fingerprint density at radius 1 is 0.909 bits per heavy atom. The second-order valence-electron chi connectivity index (χ2n) is 10.9. The minimum Gasteiger partial charge on any atom is -0.487 e. The summed E-state index contributed by atoms with van der Waals surface area (Å²) in [5.74, 6) is 1.88. The number of aromatic nitrogens is 1. The number of ether oxygens (including phenoxy) is 2. The molecule has 0 spiro atoms. The van der Waals surface area contributed by atoms with Gasteiger partial charge in [0.15, 0.2) is 0 Å². The van der Waals surface area contributed by atoms with Crippen molar-refractivity contribution >= 4 is 24.4 Å². The lowest BCUT2D eigenvalue weighted by molar-refractivity contribution is -0.127. The SMILES string of the molecule is Cc1ccc(CN2CCN(C(=O)/C=C/c3cc(C)c(Oc4ccc(OCc5ccc(C#N)cc5)cn4)c(C)c3)CC2)cc1.Cl. The highest BCUT2D eigenvalue weighted by molar-refractivity contribution is 5.92. The molecule has 0 bridgehead atoms. The normalized spacial score (nSPS) is 13.3. The van der Waals surface area contributed by atoms with Crippen LogP contribution in [0.25, 0.3) is 6.08 Å². The molecule has 0 N–H and O–H groups in total. The molecule has 1 saturated heterocycles. The van der Waals surface area contributed by atoms with Crippen LogP contribution < -0.4 is 9.47 Å². The van der Waals surface area contributed by atoms with E-state index in [0.717, 1.165) is 60.7 Å². The predicted molar refractivity (Wildman–Crippen MR) is 175 cm³/mol. The average molecular weight is 609 g/mol. The molecule has 1 aliphatic heterocycles. The molecule has 2 heterocycles. The van der Waals surface area contributed by atoms with Crippen LogP contribution in [-0.4, -0.2) is 46.9 Å². The van der Waals surface area contributed by atoms with E-state index in [1.165, 1.54) is 11.1 Å². The Kier molecular flexibility index (Phi) is 11.1. The van der Waals surface area contributed by atoms with Crippen LogP contribution in [0.2, 0.25) is 0 Å². The zero-order valence-electron chi connectivity index (χ0n) is 25.3. The number of nitrogens with zero attached hydrogens (tertiary/aromatic N) is 4. The molecule has 0 radical (unpaired) electrons. The Balaban J connectivity index is 0.00000442. The van der Waals surface area contributed by atoms with Gasteiger partial charge in [-0.25, -0.2) is 4.98 Å². The molecule has 0 unspecified atom stereocenters. The number of halogens is 1. The van der Waals surface area contributed by atoms with Gasteiger partial charge in [-0.2, -0.15) is 5.26 Å². The number of nitriles is 1. The number of carbonyl (C=O) groups excluding carboxylic acids is 1. The highest BCUT2D eigenvalue weighted by Crippen LogP contribution is 2.30. The third-order valence-electron chi connectivity index (χ3n) is 7.52. The van der Waals surface area contributed by atoms with Crippen molar-refractivity contribution in [3.8, 4) is 23.4 Å². The fourth-order valence-electron chi connectivity index (χ4n) is 5.05. The van der Waals surface area contributed by atoms with E-state index in [9.17, 15) is 4.79 Å². The summed E-state index contributed by atoms with van der Waals surface area (Å²) >= 11 is 0. The molecular formula is C36H37ClN4O3. The van der Waals surface area contributed by atoms with Gasteiger partial charge in [-0.1, -0.05) is 42.0 Å². The summed E-state index contributed by atoms with van der Waals surface area (Å²) in [6.45, 7) is 10.6. The first-order chi connectivity index (χ1) is 20.9. The highest BCUT2D eigenvalue weighted by atomic mass is 35.5. The van der Waals surface area contributed by atoms with Crippen molar-refractivity contribution in [2.45, 2.75) is 33.9 Å². The molecule has 5 rings (SSSR count). The number of benzene rings is 3. The number of rotatable bonds is 9. The van der Waals surface area contributed by atoms with E-state index in [1.54, 1.807) is 30.5 Å². The van der Waals surface area contributed by atoms with E-state index in [-0.39, 0.29) is 18.3 Å². The van der Waals surface area contributed by atoms with Crippen molar-refractivity contribution in [1.29, 1.82) is 5.26 Å². The molecule has 0 atom stereocenters. The molecular weight excluding hydrogens is 572 g/mol. The molecule has 4 aromatic rings. The lowest BCUT2D eigenvalue weighted by atomic mass is 10.1. The summed E-state index contributed by atoms with van der Waals surface area (Å²) in [5, 5.41) is 8.93. The van der Waals surface area contributed by atoms with E-state index in [2.05, 4.69) is 47.1 Å². The number of hydrogen-bond donors (Lipinski definition) is 0. The Bertz CT molecular complexity index is 1600. The van der Waals surface area contributed by atoms with Crippen molar-refractivity contribution in [2.24, 2.45) is 0 Å². The van der Waals surface area contributed by atoms with E-state index in [1.807, 2.05) is 55.2 Å². The van der Waals surface area contributed by atoms with Gasteiger partial charge in [-0.15, -0.1) is 12.4 Å². The van der Waals surface area contributed by atoms with Crippen LogP contribution in [0.5, 0.6) is 17.4 Å². The van der Waals surface area contributed by atoms with Gasteiger partial charge in [0.2, 0.25) is 11.8 Å². The number of carbonyl (C=O) groups is 1. The fourth-order valence-corrected chi connectivity index (χ4v) is 5.05. The quantitative estimate of drug-likeness (QED) is 0.190. The monoisotopic (exact) mass is 608 g/mol. The third kappa shape index (κ3) is 8.70. The smallest absolute Gasteiger partial charge is 0.246 e. The number of hydrogen-bond acceptors (Lipinski definition) is 6. The molecule has 8 heteroatoms. The molecule has 44 heavy (non-hydrogen) atoms. The van der Waals surface area contributed by atoms with Crippen molar-refractivity contribution in [1.82, 2.24) is 14.8 Å². The second-order valence-corrected chi connectivity index (χ2v) is 10.9. The third-order valence-corrected chi connectivity index (χ3v) is 7.52. The lowest BCUT2D eigenvalue weighted by Gasteiger charge is -2.34. The predicted octanol–water partition coefficient (Wildman–Crippen LogP) is 7.03. The van der Waals surface area contributed by atoms with E-state index >= 15 is 0 Å². The zero-order chi connectivity index (χ0) is 30.2. The molecule has 226 valence electrons. The van der Waals surface area contributed by atoms with Crippen LogP contribution in [-0.2, 0) is 17.9 Å². The molecule has 1 amide bonds. The first kappa shape index (κ1) is 32.3. The first-order valence-corrected chi connectivity index (χ1v) is 14.5. The van der Waals surface area contributed by atoms with Gasteiger partial charge in [0, 0.05) is 44.9 Å². The van der Waals surface area contributed by atoms with E-state index in [4.69, 9.17) is 14.7 Å². The topological polar surface area (TPSA) is 78.7 Å². The summed E-state index contributed by atoms with van der Waals surface area (Å²) in [5.41, 5.74) is 7.03. The number of amides is 1. The molecule has 7 nitrogen and oxygen atoms in total. The molecule has 1 aliphatic rings. The Morgan fingerprint density at radius 3 is 2.18 bits per heavy atom. The summed E-state index contributed by atoms with van der Waals surface area (Å²) in [4.78, 5) is 21.6. The van der Waals surface area contributed by atoms with Gasteiger partial charge >= 0.3 is 0 Å². The van der Waals surface area contributed by atoms with Gasteiger partial charge in [-0.05, 0) is 85.0 Å². The van der Waals surface area contributed by atoms with Crippen LogP contribution in [0.1, 0.15) is 38.9 Å². The Morgan fingerprint density at radius 2 is 1.57 bits per heavy atom. The summed E-state index contributed by atoms with van der Waals surface area (Å²) in [6.07, 6.45) is 5.18. The fraction of sp³-hybridized carbons (Fsp3) is 0.250. The molecule has 1 aromatic heterocycles. The maximum atomic E-state index is 12.9. The van der Waals surface area contributed by atoms with Crippen LogP contribution in [0, 0.1) is 32.1 Å². The van der Waals surface area contributed by atoms with Crippen LogP contribution in [0.4, 0.5) is 0 Å². The maximum Gasteiger partial charge on any atom is 0.246 e. The number of aryl methyl sites for hydroxylation is 3. The summed E-state index contributed by atoms with van der Waals surface area (Å²) in [6, 6.07) is 25.7. The average Bonchev–Trinajstić information content (AvgIpc) is 3.03. The largest absolute Gasteiger partial charge is 0.487 e. The van der Waals surface area contributed by atoms with Crippen molar-refractivity contribution in [2.75, 3.05) is 26.2 Å². The van der Waals surface area contributed by atoms with Crippen LogP contribution >= 0.6 is 12.4 Å². The molecule has 3 aromatic carbocycles. The second kappa shape index (κ2) is 15.2. The van der Waals surface area contributed by atoms with Gasteiger partial charge < -0.3 is 14.4 Å². The molecule has 1 fully saturated rings. The van der Waals surface area contributed by atoms with Crippen molar-refractivity contribution in [3.05, 3.63) is 124 Å². The summed E-state index contributed by atoms with van der Waals surface area (Å²) < 4.78 is 11.9. The maximum absolute atomic E-state index is 12.9. The summed E-state index contributed by atoms with van der Waals surface area (Å²) in [7, 11) is 0. The van der Waals surface area contributed by atoms with Gasteiger partial charge in [-0.3, -0.25) is 9.69 Å². The van der Waals surface area contributed by atoms with E-state index in [0.29, 0.717) is 23.8 Å². The molecule has 0 aliphatic carbocycles. The Hall–Kier alpha value is -4.64. The highest BCUT2D eigenvalue weighted by Gasteiger charge is 2.19.